The van der Waals surface area contributed by atoms with Crippen molar-refractivity contribution in [3.8, 4) is 6.07 Å². The molecule has 4 nitrogen and oxygen atoms in total. The van der Waals surface area contributed by atoms with E-state index in [2.05, 4.69) is 23.3 Å². The molecule has 0 aliphatic carbocycles. The highest BCUT2D eigenvalue weighted by atomic mass is 35.5. The second-order valence-electron chi connectivity index (χ2n) is 5.71. The molecule has 0 radical (unpaired) electrons. The summed E-state index contributed by atoms with van der Waals surface area (Å²) in [4.78, 5) is 17.0. The van der Waals surface area contributed by atoms with E-state index >= 15 is 0 Å². The summed E-state index contributed by atoms with van der Waals surface area (Å²) in [5.41, 5.74) is 0.724. The number of allylic oxidation sites excluding steroid dienone is 1. The number of aliphatic imine (C=N–C) groups is 1. The molecule has 1 N–H and O–H groups in total. The van der Waals surface area contributed by atoms with Crippen LogP contribution in [0.25, 0.3) is 0 Å². The van der Waals surface area contributed by atoms with E-state index in [0.29, 0.717) is 10.7 Å². The lowest BCUT2D eigenvalue weighted by Crippen LogP contribution is -2.33. The lowest BCUT2D eigenvalue weighted by molar-refractivity contribution is -0.119. The van der Waals surface area contributed by atoms with Gasteiger partial charge in [-0.2, -0.15) is 5.26 Å². The second kappa shape index (κ2) is 9.02. The van der Waals surface area contributed by atoms with E-state index in [4.69, 9.17) is 11.6 Å². The lowest BCUT2D eigenvalue weighted by Gasteiger charge is -2.24. The molecule has 1 aliphatic rings. The fourth-order valence-electron chi connectivity index (χ4n) is 2.40. The van der Waals surface area contributed by atoms with Gasteiger partial charge in [0.1, 0.15) is 11.7 Å². The van der Waals surface area contributed by atoms with Gasteiger partial charge in [0.05, 0.1) is 22.7 Å². The Morgan fingerprint density at radius 3 is 2.92 bits per heavy atom. The number of halogens is 2. The Hall–Kier alpha value is -1.84. The van der Waals surface area contributed by atoms with Gasteiger partial charge in [-0.25, -0.2) is 4.39 Å². The van der Waals surface area contributed by atoms with Gasteiger partial charge >= 0.3 is 0 Å². The van der Waals surface area contributed by atoms with Gasteiger partial charge in [0, 0.05) is 10.7 Å². The first-order chi connectivity index (χ1) is 12.0. The minimum absolute atomic E-state index is 0.0415. The summed E-state index contributed by atoms with van der Waals surface area (Å²) in [6.45, 7) is 3.88. The van der Waals surface area contributed by atoms with Crippen molar-refractivity contribution in [2.75, 3.05) is 11.1 Å². The first-order valence-corrected chi connectivity index (χ1v) is 9.38. The van der Waals surface area contributed by atoms with Crippen LogP contribution in [0, 0.1) is 29.0 Å². The van der Waals surface area contributed by atoms with Crippen LogP contribution in [0.15, 0.2) is 35.0 Å². The number of rotatable bonds is 5. The SMILES string of the molecule is CCCCSC1=NC(C)=CC(C(=O)Nc2ccc(Cl)cc2F)C1C#N. The summed E-state index contributed by atoms with van der Waals surface area (Å²) >= 11 is 7.23. The van der Waals surface area contributed by atoms with Gasteiger partial charge in [0.2, 0.25) is 5.91 Å². The van der Waals surface area contributed by atoms with Crippen LogP contribution in [-0.4, -0.2) is 16.7 Å². The van der Waals surface area contributed by atoms with Crippen LogP contribution >= 0.6 is 23.4 Å². The van der Waals surface area contributed by atoms with Gasteiger partial charge < -0.3 is 5.32 Å². The average Bonchev–Trinajstić information content (AvgIpc) is 2.57. The molecule has 1 aromatic carbocycles. The quantitative estimate of drug-likeness (QED) is 0.730. The first kappa shape index (κ1) is 19.5. The first-order valence-electron chi connectivity index (χ1n) is 8.01. The maximum atomic E-state index is 13.9. The zero-order valence-electron chi connectivity index (χ0n) is 14.1. The normalized spacial score (nSPS) is 19.6. The maximum Gasteiger partial charge on any atom is 0.233 e. The van der Waals surface area contributed by atoms with Crippen LogP contribution in [0.5, 0.6) is 0 Å². The van der Waals surface area contributed by atoms with Crippen molar-refractivity contribution in [1.29, 1.82) is 5.26 Å². The number of nitrogens with one attached hydrogen (secondary N) is 1. The van der Waals surface area contributed by atoms with Gasteiger partial charge in [0.15, 0.2) is 0 Å². The van der Waals surface area contributed by atoms with Crippen molar-refractivity contribution in [3.05, 3.63) is 40.8 Å². The van der Waals surface area contributed by atoms with E-state index in [1.807, 2.05) is 0 Å². The highest BCUT2D eigenvalue weighted by Gasteiger charge is 2.34. The van der Waals surface area contributed by atoms with Crippen molar-refractivity contribution in [2.24, 2.45) is 16.8 Å². The van der Waals surface area contributed by atoms with E-state index in [0.717, 1.165) is 24.7 Å². The molecule has 0 saturated heterocycles. The van der Waals surface area contributed by atoms with Crippen molar-refractivity contribution >= 4 is 40.0 Å². The number of nitriles is 1. The Morgan fingerprint density at radius 2 is 2.28 bits per heavy atom. The van der Waals surface area contributed by atoms with Gasteiger partial charge in [-0.15, -0.1) is 11.8 Å². The van der Waals surface area contributed by atoms with E-state index in [-0.39, 0.29) is 10.7 Å². The standard InChI is InChI=1S/C18H19ClFN3OS/c1-3-4-7-25-18-14(10-21)13(8-11(2)22-18)17(24)23-16-6-5-12(19)9-15(16)20/h5-6,8-9,13-14H,3-4,7H2,1-2H3,(H,23,24). The molecule has 2 rings (SSSR count). The Kier molecular flexibility index (Phi) is 7.03. The molecule has 2 atom stereocenters. The number of amides is 1. The predicted molar refractivity (Wildman–Crippen MR) is 101 cm³/mol. The summed E-state index contributed by atoms with van der Waals surface area (Å²) < 4.78 is 13.9. The third-order valence-corrected chi connectivity index (χ3v) is 5.08. The molecule has 1 heterocycles. The Bertz CT molecular complexity index is 757. The zero-order valence-corrected chi connectivity index (χ0v) is 15.6. The smallest absolute Gasteiger partial charge is 0.233 e. The van der Waals surface area contributed by atoms with Crippen LogP contribution < -0.4 is 5.32 Å². The van der Waals surface area contributed by atoms with Crippen LogP contribution in [0.1, 0.15) is 26.7 Å². The number of carbonyl (C=O) groups excluding carboxylic acids is 1. The minimum atomic E-state index is -0.707. The predicted octanol–water partition coefficient (Wildman–Crippen LogP) is 5.02. The highest BCUT2D eigenvalue weighted by Crippen LogP contribution is 2.30. The number of nitrogens with zero attached hydrogens (tertiary/aromatic N) is 2. The number of benzene rings is 1. The fourth-order valence-corrected chi connectivity index (χ4v) is 3.79. The lowest BCUT2D eigenvalue weighted by atomic mass is 9.90. The number of hydrogen-bond donors (Lipinski definition) is 1. The number of unbranched alkanes of at least 4 members (excludes halogenated alkanes) is 1. The highest BCUT2D eigenvalue weighted by molar-refractivity contribution is 8.14. The van der Waals surface area contributed by atoms with Crippen LogP contribution in [-0.2, 0) is 4.79 Å². The molecule has 25 heavy (non-hydrogen) atoms. The summed E-state index contributed by atoms with van der Waals surface area (Å²) in [5.74, 6) is -1.57. The Balaban J connectivity index is 2.17. The maximum absolute atomic E-state index is 13.9. The van der Waals surface area contributed by atoms with Gasteiger partial charge in [-0.3, -0.25) is 9.79 Å². The molecular formula is C18H19ClFN3OS. The fraction of sp³-hybridized carbons (Fsp3) is 0.389. The second-order valence-corrected chi connectivity index (χ2v) is 7.26. The molecule has 0 aromatic heterocycles. The third-order valence-electron chi connectivity index (χ3n) is 3.71. The van der Waals surface area contributed by atoms with Crippen molar-refractivity contribution < 1.29 is 9.18 Å². The number of thioether (sulfide) groups is 1. The monoisotopic (exact) mass is 379 g/mol. The van der Waals surface area contributed by atoms with Gasteiger partial charge in [-0.1, -0.05) is 24.9 Å². The van der Waals surface area contributed by atoms with Crippen LogP contribution in [0.2, 0.25) is 5.02 Å². The molecular weight excluding hydrogens is 361 g/mol. The summed E-state index contributed by atoms with van der Waals surface area (Å²) in [5, 5.41) is 13.0. The summed E-state index contributed by atoms with van der Waals surface area (Å²) in [6.07, 6.45) is 3.71. The van der Waals surface area contributed by atoms with E-state index in [1.54, 1.807) is 13.0 Å². The minimum Gasteiger partial charge on any atom is -0.323 e. The number of hydrogen-bond acceptors (Lipinski definition) is 4. The molecule has 1 amide bonds. The Morgan fingerprint density at radius 1 is 1.52 bits per heavy atom. The molecule has 7 heteroatoms. The molecule has 2 unspecified atom stereocenters. The molecule has 0 spiro atoms. The molecule has 0 saturated carbocycles. The van der Waals surface area contributed by atoms with Crippen LogP contribution in [0.3, 0.4) is 0 Å². The topological polar surface area (TPSA) is 65.2 Å². The van der Waals surface area contributed by atoms with E-state index in [1.165, 1.54) is 23.9 Å². The van der Waals surface area contributed by atoms with Gasteiger partial charge in [-0.05, 0) is 43.4 Å². The van der Waals surface area contributed by atoms with Crippen molar-refractivity contribution in [3.63, 3.8) is 0 Å². The number of anilines is 1. The Labute approximate surface area is 156 Å². The summed E-state index contributed by atoms with van der Waals surface area (Å²) in [6, 6.07) is 6.21. The van der Waals surface area contributed by atoms with Crippen LogP contribution in [0.4, 0.5) is 10.1 Å². The number of carbonyl (C=O) groups is 1. The van der Waals surface area contributed by atoms with Crippen molar-refractivity contribution in [1.82, 2.24) is 0 Å². The molecule has 1 aliphatic heterocycles. The van der Waals surface area contributed by atoms with Crippen molar-refractivity contribution in [2.45, 2.75) is 26.7 Å². The van der Waals surface area contributed by atoms with E-state index in [9.17, 15) is 14.4 Å². The molecule has 0 fully saturated rings. The largest absolute Gasteiger partial charge is 0.323 e. The van der Waals surface area contributed by atoms with Gasteiger partial charge in [0.25, 0.3) is 0 Å². The van der Waals surface area contributed by atoms with E-state index < -0.39 is 23.6 Å². The molecule has 132 valence electrons. The summed E-state index contributed by atoms with van der Waals surface area (Å²) in [7, 11) is 0. The molecule has 0 bridgehead atoms. The third kappa shape index (κ3) is 5.07. The zero-order chi connectivity index (χ0) is 18.4. The molecule has 1 aromatic rings. The average molecular weight is 380 g/mol.